The third-order valence-corrected chi connectivity index (χ3v) is 9.12. The Morgan fingerprint density at radius 2 is 1.36 bits per heavy atom. The van der Waals surface area contributed by atoms with E-state index in [4.69, 9.17) is 9.73 Å². The summed E-state index contributed by atoms with van der Waals surface area (Å²) < 4.78 is 8.95. The lowest BCUT2D eigenvalue weighted by Gasteiger charge is -2.33. The first-order valence-electron chi connectivity index (χ1n) is 15.7. The van der Waals surface area contributed by atoms with Gasteiger partial charge in [0.15, 0.2) is 12.0 Å². The van der Waals surface area contributed by atoms with Gasteiger partial charge in [0.2, 0.25) is 0 Å². The van der Waals surface area contributed by atoms with Crippen LogP contribution in [0.4, 0.5) is 5.69 Å². The molecule has 0 spiro atoms. The number of likely N-dealkylation sites (N-methyl/N-ethyl adjacent to an activating group) is 1. The van der Waals surface area contributed by atoms with E-state index >= 15 is 0 Å². The summed E-state index contributed by atoms with van der Waals surface area (Å²) in [4.78, 5) is 15.8. The van der Waals surface area contributed by atoms with Crippen LogP contribution >= 0.6 is 0 Å². The van der Waals surface area contributed by atoms with Crippen molar-refractivity contribution in [2.75, 3.05) is 12.4 Å². The second-order valence-corrected chi connectivity index (χ2v) is 11.8. The molecule has 4 aromatic carbocycles. The number of ether oxygens (including phenoxy) is 1. The Kier molecular flexibility index (Phi) is 6.35. The van der Waals surface area contributed by atoms with Gasteiger partial charge < -0.3 is 19.5 Å². The standard InChI is InChI=1S/C40H30N6O/c1-45-36(25-33(26-17-21-41-22-18-26)43-39(45)28-19-23-42-24-20-28)27-11-13-30(14-12-27)46-34-10-6-5-9-31(34)37-35(46)16-15-32-38(37)47-40(44-32)29-7-3-2-4-8-29/h2-25,36,40,44H,1H3. The Bertz CT molecular complexity index is 2310. The fourth-order valence-corrected chi connectivity index (χ4v) is 6.83. The Morgan fingerprint density at radius 3 is 2.13 bits per heavy atom. The van der Waals surface area contributed by atoms with Gasteiger partial charge in [0, 0.05) is 59.6 Å². The van der Waals surface area contributed by atoms with Crippen LogP contribution in [0.5, 0.6) is 5.75 Å². The molecule has 2 aliphatic rings. The van der Waals surface area contributed by atoms with Gasteiger partial charge >= 0.3 is 0 Å². The smallest absolute Gasteiger partial charge is 0.196 e. The van der Waals surface area contributed by atoms with Gasteiger partial charge in [-0.1, -0.05) is 60.7 Å². The normalized spacial score (nSPS) is 17.2. The van der Waals surface area contributed by atoms with Crippen LogP contribution in [0.25, 0.3) is 33.2 Å². The monoisotopic (exact) mass is 610 g/mol. The number of nitrogens with one attached hydrogen (secondary N) is 1. The molecular formula is C40H30N6O. The zero-order chi connectivity index (χ0) is 31.3. The summed E-state index contributed by atoms with van der Waals surface area (Å²) in [5, 5.41) is 5.85. The highest BCUT2D eigenvalue weighted by molar-refractivity contribution is 6.14. The Morgan fingerprint density at radius 1 is 0.660 bits per heavy atom. The molecule has 0 amide bonds. The molecule has 9 rings (SSSR count). The van der Waals surface area contributed by atoms with Crippen LogP contribution in [0.15, 0.2) is 151 Å². The zero-order valence-electron chi connectivity index (χ0n) is 25.7. The maximum atomic E-state index is 6.61. The van der Waals surface area contributed by atoms with Crippen LogP contribution in [0.1, 0.15) is 34.5 Å². The molecule has 7 nitrogen and oxygen atoms in total. The number of anilines is 1. The lowest BCUT2D eigenvalue weighted by Crippen LogP contribution is -2.33. The molecule has 0 radical (unpaired) electrons. The summed E-state index contributed by atoms with van der Waals surface area (Å²) in [5.74, 6) is 1.79. The minimum atomic E-state index is -0.226. The van der Waals surface area contributed by atoms with Crippen molar-refractivity contribution in [3.8, 4) is 11.4 Å². The number of rotatable bonds is 5. The predicted molar refractivity (Wildman–Crippen MR) is 188 cm³/mol. The van der Waals surface area contributed by atoms with Crippen molar-refractivity contribution in [2.45, 2.75) is 12.3 Å². The topological polar surface area (TPSA) is 67.6 Å². The van der Waals surface area contributed by atoms with Crippen molar-refractivity contribution in [2.24, 2.45) is 4.99 Å². The number of aromatic nitrogens is 3. The molecule has 2 aliphatic heterocycles. The summed E-state index contributed by atoms with van der Waals surface area (Å²) in [7, 11) is 2.10. The Balaban J connectivity index is 1.12. The number of benzene rings is 4. The van der Waals surface area contributed by atoms with E-state index in [1.165, 1.54) is 5.56 Å². The molecular weight excluding hydrogens is 580 g/mol. The first-order valence-corrected chi connectivity index (χ1v) is 15.7. The highest BCUT2D eigenvalue weighted by Gasteiger charge is 2.29. The molecule has 7 heteroatoms. The van der Waals surface area contributed by atoms with E-state index < -0.39 is 0 Å². The number of amidine groups is 1. The number of hydrogen-bond acceptors (Lipinski definition) is 6. The van der Waals surface area contributed by atoms with E-state index in [1.54, 1.807) is 0 Å². The summed E-state index contributed by atoms with van der Waals surface area (Å²) in [5.41, 5.74) is 9.58. The number of fused-ring (bicyclic) bond motifs is 5. The SMILES string of the molecule is CN1C(c2ccncc2)=NC(c2ccncc2)=CC1c1ccc(-n2c3ccccc3c3c4c(ccc32)NC(c2ccccc2)O4)cc1. The first kappa shape index (κ1) is 27.1. The van der Waals surface area contributed by atoms with Crippen LogP contribution in [-0.4, -0.2) is 32.3 Å². The molecule has 226 valence electrons. The highest BCUT2D eigenvalue weighted by atomic mass is 16.5. The maximum Gasteiger partial charge on any atom is 0.196 e. The second-order valence-electron chi connectivity index (χ2n) is 11.8. The van der Waals surface area contributed by atoms with E-state index in [9.17, 15) is 0 Å². The van der Waals surface area contributed by atoms with Crippen LogP contribution < -0.4 is 10.1 Å². The molecule has 0 saturated carbocycles. The molecule has 3 aromatic heterocycles. The van der Waals surface area contributed by atoms with Crippen LogP contribution in [-0.2, 0) is 0 Å². The highest BCUT2D eigenvalue weighted by Crippen LogP contribution is 2.47. The lowest BCUT2D eigenvalue weighted by atomic mass is 9.99. The van der Waals surface area contributed by atoms with E-state index in [1.807, 2.05) is 67.3 Å². The summed E-state index contributed by atoms with van der Waals surface area (Å²) in [6, 6.07) is 40.1. The molecule has 0 aliphatic carbocycles. The molecule has 1 N–H and O–H groups in total. The summed E-state index contributed by atoms with van der Waals surface area (Å²) in [6.07, 6.45) is 9.24. The van der Waals surface area contributed by atoms with Crippen molar-refractivity contribution >= 4 is 39.0 Å². The summed E-state index contributed by atoms with van der Waals surface area (Å²) >= 11 is 0. The molecule has 7 aromatic rings. The fourth-order valence-electron chi connectivity index (χ4n) is 6.83. The predicted octanol–water partition coefficient (Wildman–Crippen LogP) is 8.55. The van der Waals surface area contributed by atoms with E-state index in [2.05, 4.69) is 111 Å². The van der Waals surface area contributed by atoms with Gasteiger partial charge in [-0.2, -0.15) is 0 Å². The number of pyridine rings is 2. The molecule has 47 heavy (non-hydrogen) atoms. The van der Waals surface area contributed by atoms with Gasteiger partial charge in [0.05, 0.1) is 33.8 Å². The molecule has 0 bridgehead atoms. The molecule has 2 atom stereocenters. The van der Waals surface area contributed by atoms with Gasteiger partial charge in [-0.3, -0.25) is 9.97 Å². The summed E-state index contributed by atoms with van der Waals surface area (Å²) in [6.45, 7) is 0. The van der Waals surface area contributed by atoms with E-state index in [-0.39, 0.29) is 12.3 Å². The number of para-hydroxylation sites is 1. The van der Waals surface area contributed by atoms with Crippen LogP contribution in [0.2, 0.25) is 0 Å². The van der Waals surface area contributed by atoms with Crippen LogP contribution in [0, 0.1) is 0 Å². The Labute approximate surface area is 272 Å². The second kappa shape index (κ2) is 11.0. The van der Waals surface area contributed by atoms with Crippen molar-refractivity contribution in [1.82, 2.24) is 19.4 Å². The van der Waals surface area contributed by atoms with Crippen molar-refractivity contribution in [1.29, 1.82) is 0 Å². The zero-order valence-corrected chi connectivity index (χ0v) is 25.7. The maximum absolute atomic E-state index is 6.61. The van der Waals surface area contributed by atoms with Crippen LogP contribution in [0.3, 0.4) is 0 Å². The van der Waals surface area contributed by atoms with Gasteiger partial charge in [-0.15, -0.1) is 0 Å². The van der Waals surface area contributed by atoms with Crippen molar-refractivity contribution < 1.29 is 4.74 Å². The van der Waals surface area contributed by atoms with Gasteiger partial charge in [0.1, 0.15) is 5.84 Å². The number of nitrogens with zero attached hydrogens (tertiary/aromatic N) is 5. The number of aliphatic imine (C=N–C) groups is 1. The van der Waals surface area contributed by atoms with E-state index in [0.29, 0.717) is 0 Å². The quantitative estimate of drug-likeness (QED) is 0.212. The minimum absolute atomic E-state index is 0.0244. The minimum Gasteiger partial charge on any atom is -0.464 e. The van der Waals surface area contributed by atoms with Gasteiger partial charge in [-0.05, 0) is 66.2 Å². The van der Waals surface area contributed by atoms with Gasteiger partial charge in [0.25, 0.3) is 0 Å². The molecule has 2 unspecified atom stereocenters. The third-order valence-electron chi connectivity index (χ3n) is 9.12. The molecule has 0 fully saturated rings. The third kappa shape index (κ3) is 4.55. The lowest BCUT2D eigenvalue weighted by molar-refractivity contribution is 0.263. The fraction of sp³-hybridized carbons (Fsp3) is 0.0750. The average Bonchev–Trinajstić information content (AvgIpc) is 3.73. The molecule has 5 heterocycles. The first-order chi connectivity index (χ1) is 23.2. The van der Waals surface area contributed by atoms with Gasteiger partial charge in [-0.25, -0.2) is 4.99 Å². The number of hydrogen-bond donors (Lipinski definition) is 1. The van der Waals surface area contributed by atoms with Crippen molar-refractivity contribution in [3.63, 3.8) is 0 Å². The average molecular weight is 611 g/mol. The Hall–Kier alpha value is -6.21. The van der Waals surface area contributed by atoms with Crippen molar-refractivity contribution in [3.05, 3.63) is 168 Å². The van der Waals surface area contributed by atoms with E-state index in [0.717, 1.165) is 67.2 Å². The largest absolute Gasteiger partial charge is 0.464 e. The molecule has 0 saturated heterocycles.